The predicted molar refractivity (Wildman–Crippen MR) is 78.6 cm³/mol. The molecule has 0 aliphatic carbocycles. The summed E-state index contributed by atoms with van der Waals surface area (Å²) in [7, 11) is 1.47. The molecular formula is C12H18N4O5. The minimum absolute atomic E-state index is 0.0739. The maximum absolute atomic E-state index is 11.3. The molecule has 0 saturated heterocycles. The number of ether oxygens (including phenoxy) is 1. The van der Waals surface area contributed by atoms with Gasteiger partial charge in [-0.3, -0.25) is 20.2 Å². The molecule has 0 heterocycles. The van der Waals surface area contributed by atoms with Crippen LogP contribution in [0.15, 0.2) is 0 Å². The van der Waals surface area contributed by atoms with Crippen LogP contribution in [0, 0.1) is 34.1 Å². The third-order valence-electron chi connectivity index (χ3n) is 3.22. The number of hydrogen-bond donors (Lipinski definition) is 2. The van der Waals surface area contributed by atoms with E-state index < -0.39 is 15.5 Å². The van der Waals surface area contributed by atoms with Crippen LogP contribution in [0.2, 0.25) is 0 Å². The van der Waals surface area contributed by atoms with Gasteiger partial charge in [-0.25, -0.2) is 0 Å². The lowest BCUT2D eigenvalue weighted by molar-refractivity contribution is -0.392. The largest absolute Gasteiger partial charge is 0.393 e. The number of nitrogens with zero attached hydrogens (tertiary/aromatic N) is 2. The fraction of sp³-hybridized carbons (Fsp3) is 0.500. The lowest BCUT2D eigenvalue weighted by Gasteiger charge is -2.17. The Morgan fingerprint density at radius 2 is 1.71 bits per heavy atom. The van der Waals surface area contributed by atoms with E-state index in [-0.39, 0.29) is 29.7 Å². The van der Waals surface area contributed by atoms with Gasteiger partial charge in [-0.2, -0.15) is 0 Å². The zero-order valence-corrected chi connectivity index (χ0v) is 12.3. The monoisotopic (exact) mass is 298 g/mol. The van der Waals surface area contributed by atoms with E-state index in [9.17, 15) is 20.2 Å². The molecule has 0 aliphatic rings. The number of nitrogens with one attached hydrogen (secondary N) is 1. The zero-order chi connectivity index (χ0) is 16.3. The van der Waals surface area contributed by atoms with E-state index in [2.05, 4.69) is 5.32 Å². The number of nitro benzene ring substituents is 2. The van der Waals surface area contributed by atoms with Crippen molar-refractivity contribution in [2.75, 3.05) is 24.8 Å². The highest BCUT2D eigenvalue weighted by Crippen LogP contribution is 2.44. The van der Waals surface area contributed by atoms with Crippen molar-refractivity contribution < 1.29 is 14.6 Å². The molecule has 1 atom stereocenters. The fourth-order valence-electron chi connectivity index (χ4n) is 2.08. The zero-order valence-electron chi connectivity index (χ0n) is 12.3. The van der Waals surface area contributed by atoms with Crippen LogP contribution in [0.4, 0.5) is 22.7 Å². The van der Waals surface area contributed by atoms with Gasteiger partial charge in [0.15, 0.2) is 5.69 Å². The number of methoxy groups -OCH3 is 1. The van der Waals surface area contributed by atoms with E-state index >= 15 is 0 Å². The molecule has 0 amide bonds. The van der Waals surface area contributed by atoms with Crippen LogP contribution in [0.25, 0.3) is 0 Å². The summed E-state index contributed by atoms with van der Waals surface area (Å²) in [5.74, 6) is 0. The topological polar surface area (TPSA) is 134 Å². The summed E-state index contributed by atoms with van der Waals surface area (Å²) < 4.78 is 4.93. The smallest absolute Gasteiger partial charge is 0.322 e. The molecule has 1 rings (SSSR count). The summed E-state index contributed by atoms with van der Waals surface area (Å²) in [5, 5.41) is 25.3. The third kappa shape index (κ3) is 3.19. The van der Waals surface area contributed by atoms with Gasteiger partial charge in [0.05, 0.1) is 16.5 Å². The molecule has 0 saturated carbocycles. The van der Waals surface area contributed by atoms with Crippen molar-refractivity contribution in [2.24, 2.45) is 0 Å². The normalized spacial score (nSPS) is 12.0. The highest BCUT2D eigenvalue weighted by atomic mass is 16.6. The van der Waals surface area contributed by atoms with Gasteiger partial charge >= 0.3 is 11.4 Å². The molecule has 1 unspecified atom stereocenters. The maximum Gasteiger partial charge on any atom is 0.322 e. The predicted octanol–water partition coefficient (Wildman–Crippen LogP) is 2.15. The molecule has 21 heavy (non-hydrogen) atoms. The number of benzene rings is 1. The Hall–Kier alpha value is -2.42. The Kier molecular flexibility index (Phi) is 5.03. The second kappa shape index (κ2) is 6.35. The highest BCUT2D eigenvalue weighted by molar-refractivity contribution is 5.87. The summed E-state index contributed by atoms with van der Waals surface area (Å²) in [4.78, 5) is 21.2. The van der Waals surface area contributed by atoms with Gasteiger partial charge in [-0.15, -0.1) is 0 Å². The highest BCUT2D eigenvalue weighted by Gasteiger charge is 2.33. The number of hydrogen-bond acceptors (Lipinski definition) is 7. The Balaban J connectivity index is 3.62. The molecule has 116 valence electrons. The summed E-state index contributed by atoms with van der Waals surface area (Å²) in [6, 6.07) is -0.353. The van der Waals surface area contributed by atoms with E-state index in [1.807, 2.05) is 0 Å². The van der Waals surface area contributed by atoms with Crippen molar-refractivity contribution in [3.05, 3.63) is 31.4 Å². The Morgan fingerprint density at radius 3 is 2.14 bits per heavy atom. The second-order valence-corrected chi connectivity index (χ2v) is 4.75. The molecule has 1 aromatic carbocycles. The van der Waals surface area contributed by atoms with Gasteiger partial charge in [0.25, 0.3) is 0 Å². The lowest BCUT2D eigenvalue weighted by Crippen LogP contribution is -2.23. The number of nitrogens with two attached hydrogens (primary N) is 1. The first-order chi connectivity index (χ1) is 9.72. The molecule has 9 heteroatoms. The van der Waals surface area contributed by atoms with Crippen LogP contribution in [0.5, 0.6) is 0 Å². The van der Waals surface area contributed by atoms with Crippen LogP contribution in [0.3, 0.4) is 0 Å². The van der Waals surface area contributed by atoms with Crippen molar-refractivity contribution in [1.29, 1.82) is 0 Å². The summed E-state index contributed by atoms with van der Waals surface area (Å²) in [5.41, 5.74) is 5.33. The Labute approximate surface area is 121 Å². The number of rotatable bonds is 6. The molecular weight excluding hydrogens is 280 g/mol. The van der Waals surface area contributed by atoms with Gasteiger partial charge in [0.2, 0.25) is 0 Å². The van der Waals surface area contributed by atoms with Crippen LogP contribution >= 0.6 is 0 Å². The van der Waals surface area contributed by atoms with Crippen LogP contribution in [-0.4, -0.2) is 29.6 Å². The van der Waals surface area contributed by atoms with Gasteiger partial charge in [-0.1, -0.05) is 0 Å². The van der Waals surface area contributed by atoms with E-state index in [0.717, 1.165) is 0 Å². The summed E-state index contributed by atoms with van der Waals surface area (Å²) in [6.45, 7) is 4.97. The van der Waals surface area contributed by atoms with Crippen molar-refractivity contribution in [3.8, 4) is 0 Å². The van der Waals surface area contributed by atoms with Crippen LogP contribution < -0.4 is 11.1 Å². The van der Waals surface area contributed by atoms with E-state index in [1.165, 1.54) is 21.0 Å². The van der Waals surface area contributed by atoms with Gasteiger partial charge < -0.3 is 15.8 Å². The van der Waals surface area contributed by atoms with Crippen molar-refractivity contribution in [3.63, 3.8) is 0 Å². The summed E-state index contributed by atoms with van der Waals surface area (Å²) >= 11 is 0. The standard InChI is InChI=1S/C12H18N4O5/c1-6(5-21-4)14-10-11(15(17)18)8(3)7(2)9(13)12(10)16(19)20/h6,14H,5,13H2,1-4H3. The average molecular weight is 298 g/mol. The molecule has 0 aromatic heterocycles. The van der Waals surface area contributed by atoms with Crippen molar-refractivity contribution in [1.82, 2.24) is 0 Å². The van der Waals surface area contributed by atoms with E-state index in [1.54, 1.807) is 6.92 Å². The minimum atomic E-state index is -0.712. The molecule has 0 aliphatic heterocycles. The fourth-order valence-corrected chi connectivity index (χ4v) is 2.08. The van der Waals surface area contributed by atoms with Gasteiger partial charge in [-0.05, 0) is 26.3 Å². The molecule has 1 aromatic rings. The van der Waals surface area contributed by atoms with E-state index in [4.69, 9.17) is 10.5 Å². The van der Waals surface area contributed by atoms with Gasteiger partial charge in [0, 0.05) is 18.7 Å². The van der Waals surface area contributed by atoms with Crippen LogP contribution in [0.1, 0.15) is 18.1 Å². The Bertz CT molecular complexity index is 546. The number of nitrogen functional groups attached to an aromatic ring is 1. The van der Waals surface area contributed by atoms with E-state index in [0.29, 0.717) is 11.1 Å². The molecule has 0 fully saturated rings. The summed E-state index contributed by atoms with van der Waals surface area (Å²) in [6.07, 6.45) is 0. The van der Waals surface area contributed by atoms with Crippen LogP contribution in [-0.2, 0) is 4.74 Å². The maximum atomic E-state index is 11.3. The quantitative estimate of drug-likeness (QED) is 0.466. The first-order valence-electron chi connectivity index (χ1n) is 6.19. The Morgan fingerprint density at radius 1 is 1.19 bits per heavy atom. The second-order valence-electron chi connectivity index (χ2n) is 4.75. The number of anilines is 2. The molecule has 9 nitrogen and oxygen atoms in total. The molecule has 0 radical (unpaired) electrons. The first-order valence-corrected chi connectivity index (χ1v) is 6.19. The van der Waals surface area contributed by atoms with Crippen molar-refractivity contribution in [2.45, 2.75) is 26.8 Å². The SMILES string of the molecule is COCC(C)Nc1c([N+](=O)[O-])c(C)c(C)c(N)c1[N+](=O)[O-]. The lowest BCUT2D eigenvalue weighted by atomic mass is 10.0. The molecule has 0 bridgehead atoms. The first kappa shape index (κ1) is 16.6. The molecule has 0 spiro atoms. The third-order valence-corrected chi connectivity index (χ3v) is 3.22. The number of nitro groups is 2. The average Bonchev–Trinajstić information content (AvgIpc) is 2.35. The van der Waals surface area contributed by atoms with Crippen molar-refractivity contribution >= 4 is 22.7 Å². The molecule has 3 N–H and O–H groups in total. The minimum Gasteiger partial charge on any atom is -0.393 e. The van der Waals surface area contributed by atoms with Gasteiger partial charge in [0.1, 0.15) is 5.69 Å².